The summed E-state index contributed by atoms with van der Waals surface area (Å²) >= 11 is 5.11. The van der Waals surface area contributed by atoms with Gasteiger partial charge in [-0.25, -0.2) is 4.79 Å². The fourth-order valence-corrected chi connectivity index (χ4v) is 0.521. The molecule has 0 aliphatic heterocycles. The van der Waals surface area contributed by atoms with Gasteiger partial charge in [-0.3, -0.25) is 10.1 Å². The van der Waals surface area contributed by atoms with E-state index in [1.165, 1.54) is 0 Å². The number of hydrogen-bond acceptors (Lipinski definition) is 4. The van der Waals surface area contributed by atoms with Crippen molar-refractivity contribution in [3.05, 3.63) is 10.1 Å². The van der Waals surface area contributed by atoms with Crippen LogP contribution in [0.2, 0.25) is 0 Å². The average Bonchev–Trinajstić information content (AvgIpc) is 1.88. The van der Waals surface area contributed by atoms with Crippen LogP contribution in [0.15, 0.2) is 0 Å². The summed E-state index contributed by atoms with van der Waals surface area (Å²) in [7, 11) is 0. The molecule has 5 nitrogen and oxygen atoms in total. The third kappa shape index (κ3) is 2.74. The van der Waals surface area contributed by atoms with Crippen LogP contribution in [-0.4, -0.2) is 20.9 Å². The predicted molar refractivity (Wildman–Crippen MR) is 44.2 cm³/mol. The van der Waals surface area contributed by atoms with E-state index in [1.54, 1.807) is 6.92 Å². The molecule has 0 aliphatic rings. The van der Waals surface area contributed by atoms with E-state index in [0.29, 0.717) is 0 Å². The van der Waals surface area contributed by atoms with Crippen molar-refractivity contribution in [3.63, 3.8) is 0 Å². The van der Waals surface area contributed by atoms with Crippen LogP contribution in [-0.2, 0) is 9.53 Å². The molecule has 0 aromatic heterocycles. The van der Waals surface area contributed by atoms with Gasteiger partial charge in [-0.2, -0.15) is 0 Å². The summed E-state index contributed by atoms with van der Waals surface area (Å²) in [5, 5.41) is 10.1. The number of halogens is 2. The topological polar surface area (TPSA) is 69.4 Å². The third-order valence-corrected chi connectivity index (χ3v) is 1.98. The second-order valence-corrected chi connectivity index (χ2v) is 4.88. The van der Waals surface area contributed by atoms with Crippen LogP contribution in [0.3, 0.4) is 0 Å². The molecule has 0 bridgehead atoms. The summed E-state index contributed by atoms with van der Waals surface area (Å²) in [5.41, 5.74) is 0. The molecule has 0 saturated carbocycles. The molecule has 0 aliphatic carbocycles. The zero-order chi connectivity index (χ0) is 9.07. The van der Waals surface area contributed by atoms with Gasteiger partial charge >= 0.3 is 9.33 Å². The highest BCUT2D eigenvalue weighted by Crippen LogP contribution is 2.27. The lowest BCUT2D eigenvalue weighted by molar-refractivity contribution is -0.493. The Kier molecular flexibility index (Phi) is 3.95. The van der Waals surface area contributed by atoms with Crippen LogP contribution < -0.4 is 0 Å². The highest BCUT2D eigenvalue weighted by Gasteiger charge is 2.47. The van der Waals surface area contributed by atoms with E-state index in [2.05, 4.69) is 36.6 Å². The molecule has 0 amide bonds. The highest BCUT2D eigenvalue weighted by molar-refractivity contribution is 9.25. The van der Waals surface area contributed by atoms with Gasteiger partial charge in [0.2, 0.25) is 0 Å². The van der Waals surface area contributed by atoms with Crippen LogP contribution >= 0.6 is 31.9 Å². The van der Waals surface area contributed by atoms with Gasteiger partial charge in [0.05, 0.1) is 11.5 Å². The van der Waals surface area contributed by atoms with E-state index >= 15 is 0 Å². The van der Waals surface area contributed by atoms with Gasteiger partial charge in [0.15, 0.2) is 0 Å². The molecule has 0 rings (SSSR count). The monoisotopic (exact) mass is 289 g/mol. The third-order valence-electron chi connectivity index (χ3n) is 0.750. The Morgan fingerprint density at radius 3 is 2.45 bits per heavy atom. The normalized spacial score (nSPS) is 10.8. The minimum absolute atomic E-state index is 0.103. The number of nitro groups is 1. The number of rotatable bonds is 3. The maximum absolute atomic E-state index is 10.7. The van der Waals surface area contributed by atoms with Gasteiger partial charge in [0.1, 0.15) is 0 Å². The summed E-state index contributed by atoms with van der Waals surface area (Å²) in [5.74, 6) is -0.968. The summed E-state index contributed by atoms with van der Waals surface area (Å²) in [6.45, 7) is 1.67. The fraction of sp³-hybridized carbons (Fsp3) is 0.750. The summed E-state index contributed by atoms with van der Waals surface area (Å²) < 4.78 is 2.39. The zero-order valence-electron chi connectivity index (χ0n) is 5.54. The standard InChI is InChI=1S/C4H5Br2NO4/c1-2-11-3(8)4(5,6)7(9)10/h2H2,1H3. The molecule has 11 heavy (non-hydrogen) atoms. The molecule has 0 heterocycles. The van der Waals surface area contributed by atoms with Crippen LogP contribution in [0.25, 0.3) is 0 Å². The Morgan fingerprint density at radius 2 is 2.18 bits per heavy atom. The van der Waals surface area contributed by atoms with Crippen molar-refractivity contribution < 1.29 is 14.5 Å². The van der Waals surface area contributed by atoms with E-state index in [1.807, 2.05) is 0 Å². The first-order valence-corrected chi connectivity index (χ1v) is 4.21. The Bertz CT molecular complexity index is 181. The lowest BCUT2D eigenvalue weighted by atomic mass is 10.7. The molecule has 7 heteroatoms. The number of ether oxygens (including phenoxy) is 1. The van der Waals surface area contributed by atoms with Gasteiger partial charge in [-0.15, -0.1) is 0 Å². The van der Waals surface area contributed by atoms with Crippen LogP contribution in [0.1, 0.15) is 6.92 Å². The largest absolute Gasteiger partial charge is 0.459 e. The number of esters is 1. The summed E-state index contributed by atoms with van der Waals surface area (Å²) in [6.07, 6.45) is 0. The van der Waals surface area contributed by atoms with Crippen molar-refractivity contribution in [3.8, 4) is 0 Å². The maximum Gasteiger partial charge on any atom is 0.421 e. The minimum Gasteiger partial charge on any atom is -0.459 e. The van der Waals surface area contributed by atoms with Gasteiger partial charge in [-0.05, 0) is 6.92 Å². The van der Waals surface area contributed by atoms with Gasteiger partial charge < -0.3 is 4.74 Å². The van der Waals surface area contributed by atoms with Gasteiger partial charge in [0, 0.05) is 31.9 Å². The molecule has 0 N–H and O–H groups in total. The van der Waals surface area contributed by atoms with Crippen molar-refractivity contribution in [2.75, 3.05) is 6.61 Å². The molecule has 0 unspecified atom stereocenters. The van der Waals surface area contributed by atoms with Crippen molar-refractivity contribution in [1.82, 2.24) is 0 Å². The first-order chi connectivity index (χ1) is 4.92. The SMILES string of the molecule is CCOC(=O)C(Br)(Br)[N+](=O)[O-]. The number of alkyl halides is 2. The maximum atomic E-state index is 10.7. The first-order valence-electron chi connectivity index (χ1n) is 2.62. The van der Waals surface area contributed by atoms with Gasteiger partial charge in [0.25, 0.3) is 0 Å². The molecule has 0 spiro atoms. The molecule has 0 saturated heterocycles. The summed E-state index contributed by atoms with van der Waals surface area (Å²) in [6, 6.07) is 0. The molecule has 0 fully saturated rings. The van der Waals surface area contributed by atoms with Crippen LogP contribution in [0, 0.1) is 10.1 Å². The quantitative estimate of drug-likeness (QED) is 0.258. The van der Waals surface area contributed by atoms with Gasteiger partial charge in [-0.1, -0.05) is 0 Å². The smallest absolute Gasteiger partial charge is 0.421 e. The fourth-order valence-electron chi connectivity index (χ4n) is 0.292. The van der Waals surface area contributed by atoms with Crippen molar-refractivity contribution in [1.29, 1.82) is 0 Å². The van der Waals surface area contributed by atoms with E-state index in [-0.39, 0.29) is 6.61 Å². The Balaban J connectivity index is 4.30. The predicted octanol–water partition coefficient (Wildman–Crippen LogP) is 1.27. The number of carbonyl (C=O) groups excluding carboxylic acids is 1. The van der Waals surface area contributed by atoms with E-state index < -0.39 is 14.3 Å². The lowest BCUT2D eigenvalue weighted by Gasteiger charge is -2.08. The summed E-state index contributed by atoms with van der Waals surface area (Å²) in [4.78, 5) is 20.1. The molecule has 0 aromatic carbocycles. The molecule has 0 atom stereocenters. The Morgan fingerprint density at radius 1 is 1.73 bits per heavy atom. The number of carbonyl (C=O) groups is 1. The number of nitrogens with zero attached hydrogens (tertiary/aromatic N) is 1. The molecule has 0 aromatic rings. The molecule has 0 radical (unpaired) electrons. The van der Waals surface area contributed by atoms with Crippen LogP contribution in [0.5, 0.6) is 0 Å². The van der Waals surface area contributed by atoms with Crippen molar-refractivity contribution in [2.45, 2.75) is 10.3 Å². The van der Waals surface area contributed by atoms with Crippen molar-refractivity contribution in [2.24, 2.45) is 0 Å². The van der Waals surface area contributed by atoms with E-state index in [0.717, 1.165) is 0 Å². The van der Waals surface area contributed by atoms with E-state index in [4.69, 9.17) is 0 Å². The van der Waals surface area contributed by atoms with Crippen molar-refractivity contribution >= 4 is 37.8 Å². The second-order valence-electron chi connectivity index (χ2n) is 1.52. The zero-order valence-corrected chi connectivity index (χ0v) is 8.72. The number of hydrogen-bond donors (Lipinski definition) is 0. The highest BCUT2D eigenvalue weighted by atomic mass is 79.9. The molecular weight excluding hydrogens is 286 g/mol. The second kappa shape index (κ2) is 4.01. The average molecular weight is 291 g/mol. The molecular formula is C4H5Br2NO4. The first kappa shape index (κ1) is 10.8. The van der Waals surface area contributed by atoms with E-state index in [9.17, 15) is 14.9 Å². The minimum atomic E-state index is -2.00. The Labute approximate surface area is 79.5 Å². The lowest BCUT2D eigenvalue weighted by Crippen LogP contribution is -2.35. The Hall–Kier alpha value is -0.170. The molecule has 64 valence electrons. The van der Waals surface area contributed by atoms with Crippen LogP contribution in [0.4, 0.5) is 0 Å².